The number of piperazine rings is 1. The Labute approximate surface area is 166 Å². The van der Waals surface area contributed by atoms with Gasteiger partial charge in [-0.1, -0.05) is 17.3 Å². The molecule has 0 spiro atoms. The number of benzene rings is 1. The third-order valence-electron chi connectivity index (χ3n) is 4.86. The molecule has 3 rings (SSSR count). The van der Waals surface area contributed by atoms with Crippen molar-refractivity contribution in [2.75, 3.05) is 39.3 Å². The van der Waals surface area contributed by atoms with E-state index in [1.807, 2.05) is 11.8 Å². The van der Waals surface area contributed by atoms with Crippen LogP contribution >= 0.6 is 0 Å². The van der Waals surface area contributed by atoms with E-state index >= 15 is 0 Å². The van der Waals surface area contributed by atoms with E-state index in [4.69, 9.17) is 9.26 Å². The van der Waals surface area contributed by atoms with E-state index in [-0.39, 0.29) is 29.9 Å². The number of carbonyl (C=O) groups excluding carboxylic acids is 1. The Bertz CT molecular complexity index is 832. The standard InChI is InChI=1S/C19H23F3N4O3/c1-3-28-16(27)12-25-7-9-26(10-8-25)13(2)18-23-17(24-29-18)14-5-4-6-15(11-14)19(20,21)22/h4-6,11,13H,3,7-10,12H2,1-2H3. The summed E-state index contributed by atoms with van der Waals surface area (Å²) in [6, 6.07) is 4.66. The predicted molar refractivity (Wildman–Crippen MR) is 97.8 cm³/mol. The number of halogens is 3. The first kappa shape index (κ1) is 21.3. The molecule has 1 saturated heterocycles. The smallest absolute Gasteiger partial charge is 0.416 e. The summed E-state index contributed by atoms with van der Waals surface area (Å²) in [5, 5.41) is 3.85. The van der Waals surface area contributed by atoms with Crippen LogP contribution in [0.25, 0.3) is 11.4 Å². The molecule has 0 bridgehead atoms. The van der Waals surface area contributed by atoms with Gasteiger partial charge in [0, 0.05) is 31.7 Å². The van der Waals surface area contributed by atoms with Gasteiger partial charge in [-0.2, -0.15) is 18.2 Å². The average molecular weight is 412 g/mol. The van der Waals surface area contributed by atoms with Gasteiger partial charge in [0.05, 0.1) is 24.8 Å². The SMILES string of the molecule is CCOC(=O)CN1CCN(C(C)c2nc(-c3cccc(C(F)(F)F)c3)no2)CC1. The third kappa shape index (κ3) is 5.33. The second kappa shape index (κ2) is 8.91. The van der Waals surface area contributed by atoms with Crippen LogP contribution in [0.15, 0.2) is 28.8 Å². The van der Waals surface area contributed by atoms with Crippen molar-refractivity contribution in [3.63, 3.8) is 0 Å². The lowest BCUT2D eigenvalue weighted by Gasteiger charge is -2.36. The third-order valence-corrected chi connectivity index (χ3v) is 4.86. The Morgan fingerprint density at radius 1 is 1.28 bits per heavy atom. The molecule has 2 heterocycles. The lowest BCUT2D eigenvalue weighted by molar-refractivity contribution is -0.145. The number of hydrogen-bond donors (Lipinski definition) is 0. The molecule has 7 nitrogen and oxygen atoms in total. The van der Waals surface area contributed by atoms with Gasteiger partial charge in [0.2, 0.25) is 11.7 Å². The van der Waals surface area contributed by atoms with Crippen LogP contribution in [0.1, 0.15) is 31.3 Å². The topological polar surface area (TPSA) is 71.7 Å². The van der Waals surface area contributed by atoms with Gasteiger partial charge in [-0.15, -0.1) is 0 Å². The van der Waals surface area contributed by atoms with Crippen LogP contribution in [-0.4, -0.2) is 65.2 Å². The van der Waals surface area contributed by atoms with Crippen LogP contribution in [-0.2, 0) is 15.7 Å². The van der Waals surface area contributed by atoms with E-state index < -0.39 is 11.7 Å². The molecule has 0 radical (unpaired) electrons. The zero-order chi connectivity index (χ0) is 21.0. The van der Waals surface area contributed by atoms with Gasteiger partial charge in [-0.05, 0) is 26.0 Å². The monoisotopic (exact) mass is 412 g/mol. The molecule has 0 amide bonds. The Morgan fingerprint density at radius 3 is 2.66 bits per heavy atom. The fourth-order valence-electron chi connectivity index (χ4n) is 3.21. The van der Waals surface area contributed by atoms with Gasteiger partial charge in [-0.25, -0.2) is 0 Å². The number of ether oxygens (including phenoxy) is 1. The number of carbonyl (C=O) groups is 1. The zero-order valence-electron chi connectivity index (χ0n) is 16.3. The summed E-state index contributed by atoms with van der Waals surface area (Å²) in [7, 11) is 0. The summed E-state index contributed by atoms with van der Waals surface area (Å²) in [5.74, 6) is 0.229. The second-order valence-electron chi connectivity index (χ2n) is 6.83. The molecule has 2 aromatic rings. The number of alkyl halides is 3. The van der Waals surface area contributed by atoms with Gasteiger partial charge >= 0.3 is 12.1 Å². The van der Waals surface area contributed by atoms with Crippen molar-refractivity contribution in [1.82, 2.24) is 19.9 Å². The van der Waals surface area contributed by atoms with Crippen molar-refractivity contribution in [3.05, 3.63) is 35.7 Å². The fourth-order valence-corrected chi connectivity index (χ4v) is 3.21. The highest BCUT2D eigenvalue weighted by Crippen LogP contribution is 2.32. The van der Waals surface area contributed by atoms with Crippen molar-refractivity contribution < 1.29 is 27.2 Å². The fraction of sp³-hybridized carbons (Fsp3) is 0.526. The molecule has 1 aliphatic rings. The highest BCUT2D eigenvalue weighted by molar-refractivity contribution is 5.71. The molecule has 1 aliphatic heterocycles. The van der Waals surface area contributed by atoms with Gasteiger partial charge in [0.1, 0.15) is 0 Å². The van der Waals surface area contributed by atoms with Gasteiger partial charge in [-0.3, -0.25) is 14.6 Å². The van der Waals surface area contributed by atoms with E-state index in [0.29, 0.717) is 38.7 Å². The first-order chi connectivity index (χ1) is 13.8. The summed E-state index contributed by atoms with van der Waals surface area (Å²) in [6.45, 7) is 7.08. The minimum Gasteiger partial charge on any atom is -0.465 e. The molecule has 1 fully saturated rings. The Kier molecular flexibility index (Phi) is 6.53. The highest BCUT2D eigenvalue weighted by atomic mass is 19.4. The molecule has 29 heavy (non-hydrogen) atoms. The van der Waals surface area contributed by atoms with E-state index in [2.05, 4.69) is 15.0 Å². The zero-order valence-corrected chi connectivity index (χ0v) is 16.3. The maximum atomic E-state index is 12.9. The van der Waals surface area contributed by atoms with Gasteiger partial charge < -0.3 is 9.26 Å². The number of esters is 1. The molecule has 1 unspecified atom stereocenters. The van der Waals surface area contributed by atoms with Crippen molar-refractivity contribution in [2.24, 2.45) is 0 Å². The van der Waals surface area contributed by atoms with Crippen molar-refractivity contribution in [1.29, 1.82) is 0 Å². The summed E-state index contributed by atoms with van der Waals surface area (Å²) in [6.07, 6.45) is -4.43. The predicted octanol–water partition coefficient (Wildman–Crippen LogP) is 3.00. The summed E-state index contributed by atoms with van der Waals surface area (Å²) >= 11 is 0. The van der Waals surface area contributed by atoms with E-state index in [1.54, 1.807) is 6.92 Å². The van der Waals surface area contributed by atoms with Crippen molar-refractivity contribution in [3.8, 4) is 11.4 Å². The lowest BCUT2D eigenvalue weighted by atomic mass is 10.1. The number of rotatable bonds is 6. The summed E-state index contributed by atoms with van der Waals surface area (Å²) < 4.78 is 49.0. The molecule has 1 aromatic heterocycles. The molecule has 1 atom stereocenters. The summed E-state index contributed by atoms with van der Waals surface area (Å²) in [4.78, 5) is 20.0. The van der Waals surface area contributed by atoms with Gasteiger partial charge in [0.25, 0.3) is 0 Å². The van der Waals surface area contributed by atoms with Gasteiger partial charge in [0.15, 0.2) is 0 Å². The Morgan fingerprint density at radius 2 is 2.00 bits per heavy atom. The molecule has 0 aliphatic carbocycles. The number of nitrogens with zero attached hydrogens (tertiary/aromatic N) is 4. The first-order valence-corrected chi connectivity index (χ1v) is 9.41. The van der Waals surface area contributed by atoms with E-state index in [0.717, 1.165) is 12.1 Å². The summed E-state index contributed by atoms with van der Waals surface area (Å²) in [5.41, 5.74) is -0.506. The van der Waals surface area contributed by atoms with E-state index in [9.17, 15) is 18.0 Å². The molecule has 1 aromatic carbocycles. The van der Waals surface area contributed by atoms with E-state index in [1.165, 1.54) is 12.1 Å². The maximum Gasteiger partial charge on any atom is 0.416 e. The van der Waals surface area contributed by atoms with Crippen molar-refractivity contribution >= 4 is 5.97 Å². The van der Waals surface area contributed by atoms with Crippen LogP contribution < -0.4 is 0 Å². The maximum absolute atomic E-state index is 12.9. The van der Waals surface area contributed by atoms with Crippen LogP contribution in [0.5, 0.6) is 0 Å². The molecule has 0 N–H and O–H groups in total. The Balaban J connectivity index is 1.62. The highest BCUT2D eigenvalue weighted by Gasteiger charge is 2.31. The Hall–Kier alpha value is -2.46. The average Bonchev–Trinajstić information content (AvgIpc) is 3.18. The largest absolute Gasteiger partial charge is 0.465 e. The molecular weight excluding hydrogens is 389 g/mol. The van der Waals surface area contributed by atoms with Crippen LogP contribution in [0.4, 0.5) is 13.2 Å². The van der Waals surface area contributed by atoms with Crippen LogP contribution in [0.2, 0.25) is 0 Å². The molecule has 0 saturated carbocycles. The van der Waals surface area contributed by atoms with Crippen LogP contribution in [0, 0.1) is 0 Å². The molecule has 10 heteroatoms. The number of hydrogen-bond acceptors (Lipinski definition) is 7. The van der Waals surface area contributed by atoms with Crippen LogP contribution in [0.3, 0.4) is 0 Å². The molecular formula is C19H23F3N4O3. The minimum absolute atomic E-state index is 0.124. The lowest BCUT2D eigenvalue weighted by Crippen LogP contribution is -2.48. The molecule has 158 valence electrons. The number of aromatic nitrogens is 2. The quantitative estimate of drug-likeness (QED) is 0.676. The second-order valence-corrected chi connectivity index (χ2v) is 6.83. The first-order valence-electron chi connectivity index (χ1n) is 9.41. The van der Waals surface area contributed by atoms with Crippen molar-refractivity contribution in [2.45, 2.75) is 26.1 Å². The normalized spacial score (nSPS) is 17.3. The minimum atomic E-state index is -4.43.